The third kappa shape index (κ3) is 6.60. The van der Waals surface area contributed by atoms with Crippen LogP contribution in [0.15, 0.2) is 11.3 Å². The van der Waals surface area contributed by atoms with Gasteiger partial charge >= 0.3 is 0 Å². The first-order valence-corrected chi connectivity index (χ1v) is 7.84. The molecule has 0 bridgehead atoms. The fourth-order valence-corrected chi connectivity index (χ4v) is 2.46. The molecule has 1 aromatic heterocycles. The van der Waals surface area contributed by atoms with Gasteiger partial charge in [0.25, 0.3) is 0 Å². The summed E-state index contributed by atoms with van der Waals surface area (Å²) < 4.78 is 7.78. The van der Waals surface area contributed by atoms with Crippen molar-refractivity contribution >= 4 is 29.9 Å². The number of ether oxygens (including phenoxy) is 1. The Morgan fingerprint density at radius 1 is 1.48 bits per heavy atom. The van der Waals surface area contributed by atoms with Crippen LogP contribution < -0.4 is 10.6 Å². The number of likely N-dealkylation sites (N-methyl/N-ethyl adjacent to an activating group) is 1. The molecule has 0 radical (unpaired) electrons. The highest BCUT2D eigenvalue weighted by Crippen LogP contribution is 2.01. The van der Waals surface area contributed by atoms with Gasteiger partial charge < -0.3 is 24.8 Å². The summed E-state index contributed by atoms with van der Waals surface area (Å²) in [4.78, 5) is 6.52. The van der Waals surface area contributed by atoms with Crippen molar-refractivity contribution in [3.63, 3.8) is 0 Å². The maximum atomic E-state index is 5.73. The van der Waals surface area contributed by atoms with E-state index in [1.807, 2.05) is 0 Å². The van der Waals surface area contributed by atoms with Crippen molar-refractivity contribution in [2.45, 2.75) is 26.0 Å². The van der Waals surface area contributed by atoms with Crippen molar-refractivity contribution < 1.29 is 4.74 Å². The molecule has 0 aliphatic carbocycles. The molecular formula is C14H28IN7O. The zero-order chi connectivity index (χ0) is 15.8. The molecule has 0 amide bonds. The van der Waals surface area contributed by atoms with Crippen LogP contribution in [-0.4, -0.2) is 78.6 Å². The molecule has 23 heavy (non-hydrogen) atoms. The van der Waals surface area contributed by atoms with Gasteiger partial charge in [0.15, 0.2) is 5.96 Å². The number of aromatic nitrogens is 3. The SMILES string of the molecule is CCc1nncn1CCNC(=NC)NCC1CN(C)CCO1.I. The van der Waals surface area contributed by atoms with Gasteiger partial charge in [0.05, 0.1) is 12.7 Å². The van der Waals surface area contributed by atoms with Crippen LogP contribution in [0.5, 0.6) is 0 Å². The average Bonchev–Trinajstić information content (AvgIpc) is 2.98. The summed E-state index contributed by atoms with van der Waals surface area (Å²) >= 11 is 0. The first-order valence-electron chi connectivity index (χ1n) is 7.84. The molecule has 1 fully saturated rings. The molecule has 0 aromatic carbocycles. The van der Waals surface area contributed by atoms with Gasteiger partial charge in [-0.15, -0.1) is 34.2 Å². The topological polar surface area (TPSA) is 79.6 Å². The lowest BCUT2D eigenvalue weighted by Gasteiger charge is -2.30. The first-order chi connectivity index (χ1) is 10.7. The number of nitrogens with zero attached hydrogens (tertiary/aromatic N) is 5. The summed E-state index contributed by atoms with van der Waals surface area (Å²) in [7, 11) is 3.90. The number of halogens is 1. The van der Waals surface area contributed by atoms with Crippen molar-refractivity contribution in [2.75, 3.05) is 46.9 Å². The highest BCUT2D eigenvalue weighted by Gasteiger charge is 2.17. The van der Waals surface area contributed by atoms with E-state index in [0.717, 1.165) is 57.5 Å². The van der Waals surface area contributed by atoms with Crippen LogP contribution in [-0.2, 0) is 17.7 Å². The van der Waals surface area contributed by atoms with Crippen LogP contribution in [0.25, 0.3) is 0 Å². The lowest BCUT2D eigenvalue weighted by molar-refractivity contribution is -0.0161. The molecule has 132 valence electrons. The van der Waals surface area contributed by atoms with Crippen LogP contribution in [0.2, 0.25) is 0 Å². The van der Waals surface area contributed by atoms with E-state index in [1.54, 1.807) is 13.4 Å². The van der Waals surface area contributed by atoms with Gasteiger partial charge in [0, 0.05) is 46.2 Å². The summed E-state index contributed by atoms with van der Waals surface area (Å²) in [5.74, 6) is 1.80. The van der Waals surface area contributed by atoms with Gasteiger partial charge in [-0.05, 0) is 7.05 Å². The number of guanidine groups is 1. The minimum atomic E-state index is 0. The quantitative estimate of drug-likeness (QED) is 0.369. The van der Waals surface area contributed by atoms with Gasteiger partial charge in [-0.1, -0.05) is 6.92 Å². The Bertz CT molecular complexity index is 479. The number of hydrogen-bond acceptors (Lipinski definition) is 5. The van der Waals surface area contributed by atoms with Crippen molar-refractivity contribution in [3.8, 4) is 0 Å². The van der Waals surface area contributed by atoms with Gasteiger partial charge in [-0.3, -0.25) is 4.99 Å². The molecule has 1 unspecified atom stereocenters. The number of rotatable bonds is 6. The molecule has 1 atom stereocenters. The summed E-state index contributed by atoms with van der Waals surface area (Å²) in [6, 6.07) is 0. The molecule has 1 aromatic rings. The summed E-state index contributed by atoms with van der Waals surface area (Å²) in [6.45, 7) is 7.18. The van der Waals surface area contributed by atoms with E-state index in [4.69, 9.17) is 4.74 Å². The van der Waals surface area contributed by atoms with E-state index in [1.165, 1.54) is 0 Å². The van der Waals surface area contributed by atoms with E-state index in [-0.39, 0.29) is 30.1 Å². The predicted octanol–water partition coefficient (Wildman–Crippen LogP) is -0.0459. The van der Waals surface area contributed by atoms with Crippen LogP contribution in [0.4, 0.5) is 0 Å². The monoisotopic (exact) mass is 437 g/mol. The van der Waals surface area contributed by atoms with Gasteiger partial charge in [0.1, 0.15) is 12.2 Å². The Labute approximate surface area is 155 Å². The number of nitrogens with one attached hydrogen (secondary N) is 2. The van der Waals surface area contributed by atoms with Crippen LogP contribution in [0.3, 0.4) is 0 Å². The number of hydrogen-bond donors (Lipinski definition) is 2. The third-order valence-electron chi connectivity index (χ3n) is 3.72. The second kappa shape index (κ2) is 10.8. The molecular weight excluding hydrogens is 409 g/mol. The minimum absolute atomic E-state index is 0. The first kappa shape index (κ1) is 20.1. The fourth-order valence-electron chi connectivity index (χ4n) is 2.46. The molecule has 1 aliphatic heterocycles. The Morgan fingerprint density at radius 2 is 2.30 bits per heavy atom. The number of morpholine rings is 1. The van der Waals surface area contributed by atoms with Gasteiger partial charge in [0.2, 0.25) is 0 Å². The molecule has 2 rings (SSSR count). The molecule has 2 N–H and O–H groups in total. The van der Waals surface area contributed by atoms with Crippen LogP contribution in [0, 0.1) is 0 Å². The van der Waals surface area contributed by atoms with Gasteiger partial charge in [-0.2, -0.15) is 0 Å². The maximum absolute atomic E-state index is 5.73. The van der Waals surface area contributed by atoms with Crippen LogP contribution in [0.1, 0.15) is 12.7 Å². The van der Waals surface area contributed by atoms with Crippen molar-refractivity contribution in [1.29, 1.82) is 0 Å². The highest BCUT2D eigenvalue weighted by molar-refractivity contribution is 14.0. The summed E-state index contributed by atoms with van der Waals surface area (Å²) in [5, 5.41) is 14.6. The summed E-state index contributed by atoms with van der Waals surface area (Å²) in [5.41, 5.74) is 0. The van der Waals surface area contributed by atoms with E-state index >= 15 is 0 Å². The van der Waals surface area contributed by atoms with E-state index < -0.39 is 0 Å². The second-order valence-electron chi connectivity index (χ2n) is 5.43. The van der Waals surface area contributed by atoms with Crippen molar-refractivity contribution in [3.05, 3.63) is 12.2 Å². The zero-order valence-corrected chi connectivity index (χ0v) is 16.5. The smallest absolute Gasteiger partial charge is 0.191 e. The molecule has 9 heteroatoms. The molecule has 0 spiro atoms. The molecule has 1 saturated heterocycles. The lowest BCUT2D eigenvalue weighted by atomic mass is 10.3. The van der Waals surface area contributed by atoms with Crippen molar-refractivity contribution in [2.24, 2.45) is 4.99 Å². The maximum Gasteiger partial charge on any atom is 0.191 e. The van der Waals surface area contributed by atoms with Crippen molar-refractivity contribution in [1.82, 2.24) is 30.3 Å². The molecule has 8 nitrogen and oxygen atoms in total. The molecule has 2 heterocycles. The Hall–Kier alpha value is -0.940. The zero-order valence-electron chi connectivity index (χ0n) is 14.2. The van der Waals surface area contributed by atoms with E-state index in [0.29, 0.717) is 0 Å². The largest absolute Gasteiger partial charge is 0.374 e. The van der Waals surface area contributed by atoms with E-state index in [2.05, 4.69) is 49.3 Å². The standard InChI is InChI=1S/C14H27N7O.HI/c1-4-13-19-18-11-21(13)6-5-16-14(15-2)17-9-12-10-20(3)7-8-22-12;/h11-12H,4-10H2,1-3H3,(H2,15,16,17);1H. The highest BCUT2D eigenvalue weighted by atomic mass is 127. The lowest BCUT2D eigenvalue weighted by Crippen LogP contribution is -2.48. The Balaban J connectivity index is 0.00000264. The Morgan fingerprint density at radius 3 is 3.00 bits per heavy atom. The number of aryl methyl sites for hydroxylation is 1. The van der Waals surface area contributed by atoms with Gasteiger partial charge in [-0.25, -0.2) is 0 Å². The Kier molecular flexibility index (Phi) is 9.41. The van der Waals surface area contributed by atoms with E-state index in [9.17, 15) is 0 Å². The normalized spacial score (nSPS) is 19.3. The number of aliphatic imine (C=N–C) groups is 1. The summed E-state index contributed by atoms with van der Waals surface area (Å²) in [6.07, 6.45) is 2.86. The second-order valence-corrected chi connectivity index (χ2v) is 5.43. The fraction of sp³-hybridized carbons (Fsp3) is 0.786. The average molecular weight is 437 g/mol. The minimum Gasteiger partial charge on any atom is -0.374 e. The molecule has 1 aliphatic rings. The predicted molar refractivity (Wildman–Crippen MR) is 101 cm³/mol. The molecule has 0 saturated carbocycles. The van der Waals surface area contributed by atoms with Crippen LogP contribution >= 0.6 is 24.0 Å². The third-order valence-corrected chi connectivity index (χ3v) is 3.72.